The molecule has 0 heterocycles. The third kappa shape index (κ3) is 5.02. The number of hydrogen-bond donors (Lipinski definition) is 0. The molecule has 0 aliphatic carbocycles. The summed E-state index contributed by atoms with van der Waals surface area (Å²) < 4.78 is 0. The molecule has 10 rings (SSSR count). The van der Waals surface area contributed by atoms with Gasteiger partial charge in [-0.25, -0.2) is 0 Å². The van der Waals surface area contributed by atoms with Crippen molar-refractivity contribution in [3.8, 4) is 22.3 Å². The summed E-state index contributed by atoms with van der Waals surface area (Å²) in [6, 6.07) is 73.0. The van der Waals surface area contributed by atoms with Crippen LogP contribution in [0.2, 0.25) is 0 Å². The predicted molar refractivity (Wildman–Crippen MR) is 220 cm³/mol. The Bertz CT molecular complexity index is 2870. The van der Waals surface area contributed by atoms with E-state index in [-0.39, 0.29) is 0 Å². The van der Waals surface area contributed by atoms with E-state index in [1.165, 1.54) is 76.1 Å². The van der Waals surface area contributed by atoms with Crippen molar-refractivity contribution in [2.75, 3.05) is 4.90 Å². The molecule has 0 N–H and O–H groups in total. The summed E-state index contributed by atoms with van der Waals surface area (Å²) in [5.41, 5.74) is 8.16. The molecule has 0 saturated carbocycles. The summed E-state index contributed by atoms with van der Waals surface area (Å²) in [7, 11) is 0. The second-order valence-corrected chi connectivity index (χ2v) is 13.3. The number of fused-ring (bicyclic) bond motifs is 9. The Balaban J connectivity index is 1.13. The summed E-state index contributed by atoms with van der Waals surface area (Å²) in [6.45, 7) is 0. The van der Waals surface area contributed by atoms with E-state index in [2.05, 4.69) is 205 Å². The van der Waals surface area contributed by atoms with Crippen molar-refractivity contribution in [2.45, 2.75) is 0 Å². The van der Waals surface area contributed by atoms with Crippen molar-refractivity contribution in [2.24, 2.45) is 0 Å². The quantitative estimate of drug-likeness (QED) is 0.168. The van der Waals surface area contributed by atoms with E-state index >= 15 is 0 Å². The van der Waals surface area contributed by atoms with Gasteiger partial charge < -0.3 is 4.90 Å². The van der Waals surface area contributed by atoms with Crippen LogP contribution in [0.1, 0.15) is 0 Å². The molecule has 0 atom stereocenters. The summed E-state index contributed by atoms with van der Waals surface area (Å²) in [4.78, 5) is 2.39. The predicted octanol–water partition coefficient (Wildman–Crippen LogP) is 14.3. The van der Waals surface area contributed by atoms with Crippen molar-refractivity contribution in [1.82, 2.24) is 0 Å². The molecule has 10 aromatic rings. The minimum atomic E-state index is 1.11. The fourth-order valence-electron chi connectivity index (χ4n) is 7.93. The van der Waals surface area contributed by atoms with Crippen molar-refractivity contribution < 1.29 is 0 Å². The van der Waals surface area contributed by atoms with E-state index in [1.807, 2.05) is 0 Å². The second kappa shape index (κ2) is 12.0. The first-order chi connectivity index (χ1) is 25.3. The largest absolute Gasteiger partial charge is 0.310 e. The molecule has 0 aliphatic heterocycles. The fourth-order valence-corrected chi connectivity index (χ4v) is 7.93. The van der Waals surface area contributed by atoms with Gasteiger partial charge in [0.2, 0.25) is 0 Å². The first kappa shape index (κ1) is 29.2. The highest BCUT2D eigenvalue weighted by atomic mass is 15.1. The third-order valence-electron chi connectivity index (χ3n) is 10.4. The first-order valence-electron chi connectivity index (χ1n) is 17.6. The van der Waals surface area contributed by atoms with Crippen molar-refractivity contribution >= 4 is 70.9 Å². The lowest BCUT2D eigenvalue weighted by Crippen LogP contribution is -2.10. The minimum Gasteiger partial charge on any atom is -0.310 e. The standard InChI is InChI=1S/C50H33N/c1-2-11-34(12-3-1)37-14-10-15-41(32-37)51(42-28-30-49-47-19-7-6-17-45(47)46-18-8-9-20-48(46)50(49)33-42)40-26-23-35(24-27-40)38-25-29-44-39(31-38)22-21-36-13-4-5-16-43(36)44/h1-33H. The van der Waals surface area contributed by atoms with Gasteiger partial charge in [-0.2, -0.15) is 0 Å². The highest BCUT2D eigenvalue weighted by Gasteiger charge is 2.17. The number of rotatable bonds is 5. The third-order valence-corrected chi connectivity index (χ3v) is 10.4. The van der Waals surface area contributed by atoms with Crippen molar-refractivity contribution in [3.63, 3.8) is 0 Å². The lowest BCUT2D eigenvalue weighted by molar-refractivity contribution is 1.29. The van der Waals surface area contributed by atoms with Gasteiger partial charge in [-0.05, 0) is 119 Å². The molecule has 1 heteroatoms. The van der Waals surface area contributed by atoms with Gasteiger partial charge in [0.25, 0.3) is 0 Å². The van der Waals surface area contributed by atoms with Gasteiger partial charge in [-0.3, -0.25) is 0 Å². The molecule has 51 heavy (non-hydrogen) atoms. The molecule has 0 saturated heterocycles. The Morgan fingerprint density at radius 1 is 0.216 bits per heavy atom. The zero-order valence-corrected chi connectivity index (χ0v) is 28.0. The highest BCUT2D eigenvalue weighted by Crippen LogP contribution is 2.42. The van der Waals surface area contributed by atoms with Crippen molar-refractivity contribution in [3.05, 3.63) is 200 Å². The number of hydrogen-bond acceptors (Lipinski definition) is 1. The normalized spacial score (nSPS) is 11.5. The van der Waals surface area contributed by atoms with Crippen LogP contribution in [0.5, 0.6) is 0 Å². The van der Waals surface area contributed by atoms with Gasteiger partial charge >= 0.3 is 0 Å². The first-order valence-corrected chi connectivity index (χ1v) is 17.6. The molecule has 0 unspecified atom stereocenters. The van der Waals surface area contributed by atoms with Gasteiger partial charge in [0.1, 0.15) is 0 Å². The summed E-state index contributed by atoms with van der Waals surface area (Å²) in [5.74, 6) is 0. The van der Waals surface area contributed by atoms with Crippen LogP contribution in [0.4, 0.5) is 17.1 Å². The molecule has 10 aromatic carbocycles. The maximum Gasteiger partial charge on any atom is 0.0468 e. The lowest BCUT2D eigenvalue weighted by atomic mass is 9.94. The Hall–Kier alpha value is -6.70. The maximum atomic E-state index is 2.39. The Morgan fingerprint density at radius 2 is 0.686 bits per heavy atom. The lowest BCUT2D eigenvalue weighted by Gasteiger charge is -2.27. The molecule has 0 amide bonds. The minimum absolute atomic E-state index is 1.11. The molecule has 0 spiro atoms. The van der Waals surface area contributed by atoms with E-state index < -0.39 is 0 Å². The smallest absolute Gasteiger partial charge is 0.0468 e. The van der Waals surface area contributed by atoms with Crippen LogP contribution in [0, 0.1) is 0 Å². The molecule has 238 valence electrons. The van der Waals surface area contributed by atoms with Crippen LogP contribution in [0.25, 0.3) is 76.1 Å². The van der Waals surface area contributed by atoms with Crippen LogP contribution < -0.4 is 4.90 Å². The monoisotopic (exact) mass is 647 g/mol. The van der Waals surface area contributed by atoms with E-state index in [0.29, 0.717) is 0 Å². The van der Waals surface area contributed by atoms with E-state index in [1.54, 1.807) is 0 Å². The number of benzene rings is 10. The summed E-state index contributed by atoms with van der Waals surface area (Å²) in [6.07, 6.45) is 0. The van der Waals surface area contributed by atoms with E-state index in [9.17, 15) is 0 Å². The Labute approximate surface area is 297 Å². The van der Waals surface area contributed by atoms with Gasteiger partial charge in [0, 0.05) is 17.1 Å². The van der Waals surface area contributed by atoms with Gasteiger partial charge in [0.15, 0.2) is 0 Å². The molecule has 0 bridgehead atoms. The summed E-state index contributed by atoms with van der Waals surface area (Å²) in [5, 5.41) is 12.8. The van der Waals surface area contributed by atoms with Crippen molar-refractivity contribution in [1.29, 1.82) is 0 Å². The molecule has 0 aromatic heterocycles. The topological polar surface area (TPSA) is 3.24 Å². The fraction of sp³-hybridized carbons (Fsp3) is 0. The average Bonchev–Trinajstić information content (AvgIpc) is 3.21. The number of nitrogens with zero attached hydrogens (tertiary/aromatic N) is 1. The second-order valence-electron chi connectivity index (χ2n) is 13.3. The molecular formula is C50H33N. The van der Waals surface area contributed by atoms with E-state index in [0.717, 1.165) is 17.1 Å². The molecule has 0 fully saturated rings. The number of anilines is 3. The van der Waals surface area contributed by atoms with Crippen LogP contribution in [-0.4, -0.2) is 0 Å². The van der Waals surface area contributed by atoms with Crippen LogP contribution in [0.3, 0.4) is 0 Å². The highest BCUT2D eigenvalue weighted by molar-refractivity contribution is 6.25. The van der Waals surface area contributed by atoms with E-state index in [4.69, 9.17) is 0 Å². The van der Waals surface area contributed by atoms with Gasteiger partial charge in [-0.1, -0.05) is 158 Å². The zero-order valence-electron chi connectivity index (χ0n) is 28.0. The zero-order chi connectivity index (χ0) is 33.7. The van der Waals surface area contributed by atoms with Gasteiger partial charge in [-0.15, -0.1) is 0 Å². The molecule has 1 nitrogen and oxygen atoms in total. The van der Waals surface area contributed by atoms with Crippen LogP contribution in [0.15, 0.2) is 200 Å². The average molecular weight is 648 g/mol. The SMILES string of the molecule is c1ccc(-c2cccc(N(c3ccc(-c4ccc5c(ccc6ccccc65)c4)cc3)c3ccc4c5ccccc5c5ccccc5c4c3)c2)cc1. The molecule has 0 aliphatic rings. The Morgan fingerprint density at radius 3 is 1.43 bits per heavy atom. The maximum absolute atomic E-state index is 2.39. The molecule has 0 radical (unpaired) electrons. The Kier molecular flexibility index (Phi) is 6.89. The van der Waals surface area contributed by atoms with Gasteiger partial charge in [0.05, 0.1) is 0 Å². The van der Waals surface area contributed by atoms with Crippen LogP contribution >= 0.6 is 0 Å². The van der Waals surface area contributed by atoms with Crippen LogP contribution in [-0.2, 0) is 0 Å². The summed E-state index contributed by atoms with van der Waals surface area (Å²) >= 11 is 0. The molecular weight excluding hydrogens is 615 g/mol.